The number of ether oxygens (including phenoxy) is 1. The van der Waals surface area contributed by atoms with Crippen molar-refractivity contribution in [2.24, 2.45) is 0 Å². The maximum absolute atomic E-state index is 13.9. The lowest BCUT2D eigenvalue weighted by Crippen LogP contribution is -2.38. The van der Waals surface area contributed by atoms with Gasteiger partial charge in [0.05, 0.1) is 11.3 Å². The van der Waals surface area contributed by atoms with E-state index in [9.17, 15) is 18.0 Å². The van der Waals surface area contributed by atoms with Gasteiger partial charge in [0.15, 0.2) is 0 Å². The van der Waals surface area contributed by atoms with Crippen LogP contribution in [0.5, 0.6) is 0 Å². The van der Waals surface area contributed by atoms with Crippen molar-refractivity contribution in [1.82, 2.24) is 9.55 Å². The second-order valence-electron chi connectivity index (χ2n) is 9.08. The number of aromatic nitrogens is 2. The van der Waals surface area contributed by atoms with Crippen LogP contribution in [0.25, 0.3) is 0 Å². The highest BCUT2D eigenvalue weighted by molar-refractivity contribution is 5.92. The fraction of sp³-hybridized carbons (Fsp3) is 0.524. The summed E-state index contributed by atoms with van der Waals surface area (Å²) in [6.07, 6.45) is -1.98. The average molecular weight is 409 g/mol. The molecule has 0 spiro atoms. The minimum absolute atomic E-state index is 0.0521. The number of imidazole rings is 1. The minimum Gasteiger partial charge on any atom is -0.443 e. The van der Waals surface area contributed by atoms with Crippen molar-refractivity contribution >= 4 is 11.8 Å². The maximum atomic E-state index is 13.9. The highest BCUT2D eigenvalue weighted by Crippen LogP contribution is 2.45. The number of hydrogen-bond acceptors (Lipinski definition) is 3. The molecule has 29 heavy (non-hydrogen) atoms. The molecule has 5 nitrogen and oxygen atoms in total. The van der Waals surface area contributed by atoms with Crippen molar-refractivity contribution in [1.29, 1.82) is 0 Å². The molecule has 2 heterocycles. The molecule has 1 aliphatic rings. The predicted octanol–water partition coefficient (Wildman–Crippen LogP) is 5.29. The Kier molecular flexibility index (Phi) is 4.96. The Labute approximate surface area is 168 Å². The summed E-state index contributed by atoms with van der Waals surface area (Å²) in [4.78, 5) is 18.1. The normalized spacial score (nSPS) is 16.1. The third-order valence-electron chi connectivity index (χ3n) is 4.98. The standard InChI is InChI=1S/C21H26F3N3O2/c1-13-25-7-8-26(13)11-14-9-16-17(10-15(14)21(22,23)24)27(12-20(16,5)6)18(28)29-19(2,3)4/h7-10H,11-12H2,1-6H3. The van der Waals surface area contributed by atoms with Crippen molar-refractivity contribution in [2.75, 3.05) is 11.4 Å². The Balaban J connectivity index is 2.11. The highest BCUT2D eigenvalue weighted by atomic mass is 19.4. The summed E-state index contributed by atoms with van der Waals surface area (Å²) in [5.41, 5.74) is -0.899. The van der Waals surface area contributed by atoms with Crippen LogP contribution in [-0.2, 0) is 22.9 Å². The molecule has 0 saturated carbocycles. The first-order chi connectivity index (χ1) is 13.2. The zero-order valence-electron chi connectivity index (χ0n) is 17.5. The van der Waals surface area contributed by atoms with Gasteiger partial charge in [-0.25, -0.2) is 9.78 Å². The molecule has 0 unspecified atom stereocenters. The summed E-state index contributed by atoms with van der Waals surface area (Å²) in [5.74, 6) is 0.633. The number of anilines is 1. The lowest BCUT2D eigenvalue weighted by molar-refractivity contribution is -0.138. The number of halogens is 3. The maximum Gasteiger partial charge on any atom is 0.416 e. The molecular weight excluding hydrogens is 383 g/mol. The van der Waals surface area contributed by atoms with Gasteiger partial charge in [-0.2, -0.15) is 13.2 Å². The van der Waals surface area contributed by atoms with Gasteiger partial charge in [0.1, 0.15) is 11.4 Å². The van der Waals surface area contributed by atoms with Gasteiger partial charge in [-0.15, -0.1) is 0 Å². The third kappa shape index (κ3) is 4.26. The molecule has 0 aliphatic carbocycles. The van der Waals surface area contributed by atoms with E-state index in [-0.39, 0.29) is 24.3 Å². The summed E-state index contributed by atoms with van der Waals surface area (Å²) in [6, 6.07) is 2.65. The number of amides is 1. The summed E-state index contributed by atoms with van der Waals surface area (Å²) in [6.45, 7) is 11.1. The van der Waals surface area contributed by atoms with Gasteiger partial charge < -0.3 is 9.30 Å². The zero-order chi connectivity index (χ0) is 21.8. The first kappa shape index (κ1) is 21.2. The first-order valence-corrected chi connectivity index (χ1v) is 9.42. The number of carbonyl (C=O) groups is 1. The Morgan fingerprint density at radius 3 is 2.41 bits per heavy atom. The van der Waals surface area contributed by atoms with Gasteiger partial charge in [0, 0.05) is 30.9 Å². The van der Waals surface area contributed by atoms with E-state index in [4.69, 9.17) is 4.74 Å². The number of fused-ring (bicyclic) bond motifs is 1. The van der Waals surface area contributed by atoms with Crippen molar-refractivity contribution in [3.05, 3.63) is 47.0 Å². The number of carbonyl (C=O) groups excluding carboxylic acids is 1. The number of alkyl halides is 3. The van der Waals surface area contributed by atoms with Crippen LogP contribution >= 0.6 is 0 Å². The van der Waals surface area contributed by atoms with Crippen LogP contribution in [0.4, 0.5) is 23.7 Å². The van der Waals surface area contributed by atoms with Gasteiger partial charge in [-0.05, 0) is 44.9 Å². The molecule has 1 aromatic heterocycles. The molecule has 0 saturated heterocycles. The molecule has 0 atom stereocenters. The molecule has 0 N–H and O–H groups in total. The van der Waals surface area contributed by atoms with Crippen LogP contribution in [0, 0.1) is 6.92 Å². The van der Waals surface area contributed by atoms with Crippen molar-refractivity contribution < 1.29 is 22.7 Å². The zero-order valence-corrected chi connectivity index (χ0v) is 17.5. The molecular formula is C21H26F3N3O2. The van der Waals surface area contributed by atoms with Gasteiger partial charge in [-0.1, -0.05) is 19.9 Å². The van der Waals surface area contributed by atoms with Crippen LogP contribution in [0.3, 0.4) is 0 Å². The van der Waals surface area contributed by atoms with Crippen LogP contribution in [0.2, 0.25) is 0 Å². The topological polar surface area (TPSA) is 47.4 Å². The SMILES string of the molecule is Cc1nccn1Cc1cc2c(cc1C(F)(F)F)N(C(=O)OC(C)(C)C)CC2(C)C. The van der Waals surface area contributed by atoms with Gasteiger partial charge in [-0.3, -0.25) is 4.90 Å². The van der Waals surface area contributed by atoms with Crippen LogP contribution in [0.15, 0.2) is 24.5 Å². The van der Waals surface area contributed by atoms with E-state index in [0.717, 1.165) is 6.07 Å². The molecule has 158 valence electrons. The quantitative estimate of drug-likeness (QED) is 0.677. The van der Waals surface area contributed by atoms with Crippen molar-refractivity contribution in [2.45, 2.75) is 65.3 Å². The molecule has 2 aromatic rings. The smallest absolute Gasteiger partial charge is 0.416 e. The molecule has 0 fully saturated rings. The summed E-state index contributed by atoms with van der Waals surface area (Å²) in [7, 11) is 0. The Morgan fingerprint density at radius 2 is 1.90 bits per heavy atom. The Bertz CT molecular complexity index is 940. The third-order valence-corrected chi connectivity index (χ3v) is 4.98. The number of hydrogen-bond donors (Lipinski definition) is 0. The molecule has 1 amide bonds. The van der Waals surface area contributed by atoms with E-state index in [2.05, 4.69) is 4.98 Å². The largest absolute Gasteiger partial charge is 0.443 e. The lowest BCUT2D eigenvalue weighted by Gasteiger charge is -2.26. The Hall–Kier alpha value is -2.51. The summed E-state index contributed by atoms with van der Waals surface area (Å²) < 4.78 is 48.7. The van der Waals surface area contributed by atoms with Gasteiger partial charge in [0.2, 0.25) is 0 Å². The van der Waals surface area contributed by atoms with Crippen LogP contribution < -0.4 is 4.90 Å². The van der Waals surface area contributed by atoms with Crippen molar-refractivity contribution in [3.63, 3.8) is 0 Å². The highest BCUT2D eigenvalue weighted by Gasteiger charge is 2.43. The Morgan fingerprint density at radius 1 is 1.24 bits per heavy atom. The predicted molar refractivity (Wildman–Crippen MR) is 104 cm³/mol. The first-order valence-electron chi connectivity index (χ1n) is 9.42. The van der Waals surface area contributed by atoms with Gasteiger partial charge in [0.25, 0.3) is 0 Å². The molecule has 3 rings (SSSR count). The average Bonchev–Trinajstić information content (AvgIpc) is 3.06. The summed E-state index contributed by atoms with van der Waals surface area (Å²) in [5, 5.41) is 0. The second kappa shape index (κ2) is 6.78. The number of aryl methyl sites for hydroxylation is 1. The number of nitrogens with zero attached hydrogens (tertiary/aromatic N) is 3. The van der Waals surface area contributed by atoms with E-state index in [1.807, 2.05) is 13.8 Å². The number of benzene rings is 1. The van der Waals surface area contributed by atoms with E-state index >= 15 is 0 Å². The van der Waals surface area contributed by atoms with Crippen molar-refractivity contribution in [3.8, 4) is 0 Å². The molecule has 8 heteroatoms. The molecule has 1 aliphatic heterocycles. The lowest BCUT2D eigenvalue weighted by atomic mass is 9.85. The van der Waals surface area contributed by atoms with E-state index in [1.165, 1.54) is 4.90 Å². The number of rotatable bonds is 2. The second-order valence-corrected chi connectivity index (χ2v) is 9.08. The van der Waals surface area contributed by atoms with E-state index in [0.29, 0.717) is 11.4 Å². The molecule has 1 aromatic carbocycles. The minimum atomic E-state index is -4.55. The van der Waals surface area contributed by atoms with Crippen LogP contribution in [-0.4, -0.2) is 27.8 Å². The van der Waals surface area contributed by atoms with E-state index < -0.39 is 28.8 Å². The monoisotopic (exact) mass is 409 g/mol. The molecule has 0 radical (unpaired) electrons. The molecule has 0 bridgehead atoms. The fourth-order valence-electron chi connectivity index (χ4n) is 3.59. The van der Waals surface area contributed by atoms with Gasteiger partial charge >= 0.3 is 12.3 Å². The van der Waals surface area contributed by atoms with Crippen LogP contribution in [0.1, 0.15) is 57.1 Å². The fourth-order valence-corrected chi connectivity index (χ4v) is 3.59. The van der Waals surface area contributed by atoms with E-state index in [1.54, 1.807) is 50.7 Å². The summed E-state index contributed by atoms with van der Waals surface area (Å²) >= 11 is 0.